The first-order valence-electron chi connectivity index (χ1n) is 3.94. The summed E-state index contributed by atoms with van der Waals surface area (Å²) in [6.45, 7) is 2.15. The van der Waals surface area contributed by atoms with Gasteiger partial charge in [0.25, 0.3) is 0 Å². The zero-order valence-corrected chi connectivity index (χ0v) is 8.37. The number of aromatic nitrogens is 2. The molecule has 0 aliphatic heterocycles. The van der Waals surface area contributed by atoms with Crippen molar-refractivity contribution in [2.24, 2.45) is 0 Å². The predicted octanol–water partition coefficient (Wildman–Crippen LogP) is 2.76. The van der Waals surface area contributed by atoms with Gasteiger partial charge in [0.05, 0.1) is 16.1 Å². The number of halogens is 1. The summed E-state index contributed by atoms with van der Waals surface area (Å²) in [5.74, 6) is 0. The second kappa shape index (κ2) is 2.90. The normalized spacial score (nSPS) is 10.8. The number of rotatable bonds is 1. The average Bonchev–Trinajstić information content (AvgIpc) is 2.44. The minimum Gasteiger partial charge on any atom is -0.267 e. The Bertz CT molecular complexity index is 406. The summed E-state index contributed by atoms with van der Waals surface area (Å²) in [5, 5.41) is 1.23. The van der Waals surface area contributed by atoms with Gasteiger partial charge in [-0.05, 0) is 24.1 Å². The lowest BCUT2D eigenvalue weighted by molar-refractivity contribution is 1.15. The first-order chi connectivity index (χ1) is 5.83. The molecule has 0 saturated heterocycles. The molecule has 2 aromatic rings. The Hall–Kier alpha value is -0.830. The smallest absolute Gasteiger partial charge is 0.150 e. The maximum Gasteiger partial charge on any atom is 0.150 e. The van der Waals surface area contributed by atoms with E-state index in [0.717, 1.165) is 12.1 Å². The molecule has 0 fully saturated rings. The first kappa shape index (κ1) is 7.80. The zero-order chi connectivity index (χ0) is 8.55. The van der Waals surface area contributed by atoms with Crippen LogP contribution in [0.15, 0.2) is 24.5 Å². The summed E-state index contributed by atoms with van der Waals surface area (Å²) in [5.41, 5.74) is 2.32. The van der Waals surface area contributed by atoms with Crippen LogP contribution in [0.1, 0.15) is 12.5 Å². The molecule has 0 bridgehead atoms. The Morgan fingerprint density at radius 1 is 1.58 bits per heavy atom. The molecule has 0 amide bonds. The van der Waals surface area contributed by atoms with Gasteiger partial charge in [-0.3, -0.25) is 3.59 Å². The Labute approximate surface area is 79.6 Å². The van der Waals surface area contributed by atoms with Crippen LogP contribution in [-0.2, 0) is 6.42 Å². The molecule has 0 aromatic carbocycles. The molecule has 0 atom stereocenters. The minimum absolute atomic E-state index is 0.995. The van der Waals surface area contributed by atoms with Crippen LogP contribution in [-0.4, -0.2) is 8.58 Å². The topological polar surface area (TPSA) is 17.8 Å². The summed E-state index contributed by atoms with van der Waals surface area (Å²) in [7, 11) is 0. The third-order valence-electron chi connectivity index (χ3n) is 1.99. The maximum absolute atomic E-state index is 4.27. The molecule has 0 saturated carbocycles. The van der Waals surface area contributed by atoms with Crippen molar-refractivity contribution in [1.82, 2.24) is 8.58 Å². The second-order valence-electron chi connectivity index (χ2n) is 2.69. The van der Waals surface area contributed by atoms with E-state index in [1.165, 1.54) is 10.9 Å². The molecule has 2 aromatic heterocycles. The summed E-state index contributed by atoms with van der Waals surface area (Å²) >= 11 is 3.41. The van der Waals surface area contributed by atoms with Gasteiger partial charge >= 0.3 is 0 Å². The Kier molecular flexibility index (Phi) is 1.89. The Balaban J connectivity index is 2.82. The number of hydrogen-bond donors (Lipinski definition) is 0. The number of aryl methyl sites for hydroxylation is 1. The van der Waals surface area contributed by atoms with Gasteiger partial charge in [-0.15, -0.1) is 0 Å². The van der Waals surface area contributed by atoms with Gasteiger partial charge in [-0.2, -0.15) is 0 Å². The molecule has 2 nitrogen and oxygen atoms in total. The third-order valence-corrected chi connectivity index (χ3v) is 2.53. The van der Waals surface area contributed by atoms with Crippen LogP contribution in [0.25, 0.3) is 11.0 Å². The van der Waals surface area contributed by atoms with Crippen LogP contribution in [0.3, 0.4) is 0 Å². The Morgan fingerprint density at radius 3 is 3.17 bits per heavy atom. The molecule has 0 radical (unpaired) electrons. The quantitative estimate of drug-likeness (QED) is 0.729. The largest absolute Gasteiger partial charge is 0.267 e. The molecular weight excluding hydrogens is 216 g/mol. The summed E-state index contributed by atoms with van der Waals surface area (Å²) < 4.78 is 1.89. The minimum atomic E-state index is 0.995. The molecule has 0 aliphatic carbocycles. The average molecular weight is 225 g/mol. The first-order valence-corrected chi connectivity index (χ1v) is 4.65. The molecule has 0 aliphatic rings. The van der Waals surface area contributed by atoms with E-state index in [9.17, 15) is 0 Å². The monoisotopic (exact) mass is 224 g/mol. The van der Waals surface area contributed by atoms with E-state index < -0.39 is 0 Å². The molecule has 62 valence electrons. The second-order valence-corrected chi connectivity index (χ2v) is 3.46. The van der Waals surface area contributed by atoms with Crippen molar-refractivity contribution in [1.29, 1.82) is 0 Å². The van der Waals surface area contributed by atoms with E-state index in [1.807, 2.05) is 9.66 Å². The fourth-order valence-electron chi connectivity index (χ4n) is 1.37. The highest BCUT2D eigenvalue weighted by Gasteiger charge is 2.04. The SMILES string of the molecule is CCc1cn(Br)c2ncccc12. The lowest BCUT2D eigenvalue weighted by Gasteiger charge is -1.90. The van der Waals surface area contributed by atoms with Crippen LogP contribution in [0, 0.1) is 0 Å². The highest BCUT2D eigenvalue weighted by atomic mass is 79.9. The van der Waals surface area contributed by atoms with E-state index in [2.05, 4.69) is 40.3 Å². The third kappa shape index (κ3) is 1.05. The number of nitrogens with zero attached hydrogens (tertiary/aromatic N) is 2. The van der Waals surface area contributed by atoms with Gasteiger partial charge < -0.3 is 0 Å². The van der Waals surface area contributed by atoms with Crippen molar-refractivity contribution in [3.8, 4) is 0 Å². The molecule has 3 heteroatoms. The fourth-order valence-corrected chi connectivity index (χ4v) is 1.90. The number of hydrogen-bond acceptors (Lipinski definition) is 1. The maximum atomic E-state index is 4.27. The van der Waals surface area contributed by atoms with E-state index in [-0.39, 0.29) is 0 Å². The molecule has 0 unspecified atom stereocenters. The van der Waals surface area contributed by atoms with Gasteiger partial charge in [0, 0.05) is 17.8 Å². The van der Waals surface area contributed by atoms with Crippen molar-refractivity contribution in [3.05, 3.63) is 30.1 Å². The van der Waals surface area contributed by atoms with Crippen LogP contribution in [0.2, 0.25) is 0 Å². The Morgan fingerprint density at radius 2 is 2.42 bits per heavy atom. The van der Waals surface area contributed by atoms with E-state index in [0.29, 0.717) is 0 Å². The molecule has 12 heavy (non-hydrogen) atoms. The van der Waals surface area contributed by atoms with E-state index in [1.54, 1.807) is 6.20 Å². The molecule has 2 rings (SSSR count). The van der Waals surface area contributed by atoms with Crippen molar-refractivity contribution < 1.29 is 0 Å². The van der Waals surface area contributed by atoms with Crippen molar-refractivity contribution in [3.63, 3.8) is 0 Å². The zero-order valence-electron chi connectivity index (χ0n) is 6.79. The molecule has 0 N–H and O–H groups in total. The summed E-state index contributed by atoms with van der Waals surface area (Å²) in [6.07, 6.45) is 4.91. The fraction of sp³-hybridized carbons (Fsp3) is 0.222. The van der Waals surface area contributed by atoms with Crippen LogP contribution in [0.4, 0.5) is 0 Å². The number of fused-ring (bicyclic) bond motifs is 1. The van der Waals surface area contributed by atoms with Crippen LogP contribution >= 0.6 is 16.1 Å². The standard InChI is InChI=1S/C9H9BrN2/c1-2-7-6-12(10)9-8(7)4-3-5-11-9/h3-6H,2H2,1H3. The van der Waals surface area contributed by atoms with Gasteiger partial charge in [0.1, 0.15) is 5.65 Å². The van der Waals surface area contributed by atoms with Gasteiger partial charge in [0.2, 0.25) is 0 Å². The van der Waals surface area contributed by atoms with Gasteiger partial charge in [-0.1, -0.05) is 6.92 Å². The lowest BCUT2D eigenvalue weighted by Crippen LogP contribution is -1.78. The van der Waals surface area contributed by atoms with E-state index >= 15 is 0 Å². The molecular formula is C9H9BrN2. The van der Waals surface area contributed by atoms with Gasteiger partial charge in [-0.25, -0.2) is 4.98 Å². The highest BCUT2D eigenvalue weighted by Crippen LogP contribution is 2.20. The van der Waals surface area contributed by atoms with Gasteiger partial charge in [0.15, 0.2) is 0 Å². The number of pyridine rings is 1. The molecule has 0 spiro atoms. The van der Waals surface area contributed by atoms with Crippen LogP contribution in [0.5, 0.6) is 0 Å². The van der Waals surface area contributed by atoms with Crippen molar-refractivity contribution in [2.75, 3.05) is 0 Å². The van der Waals surface area contributed by atoms with Crippen molar-refractivity contribution >= 4 is 27.2 Å². The summed E-state index contributed by atoms with van der Waals surface area (Å²) in [4.78, 5) is 4.27. The van der Waals surface area contributed by atoms with E-state index in [4.69, 9.17) is 0 Å². The van der Waals surface area contributed by atoms with Crippen LogP contribution < -0.4 is 0 Å². The highest BCUT2D eigenvalue weighted by molar-refractivity contribution is 9.08. The van der Waals surface area contributed by atoms with Crippen molar-refractivity contribution in [2.45, 2.75) is 13.3 Å². The summed E-state index contributed by atoms with van der Waals surface area (Å²) in [6, 6.07) is 4.06. The molecule has 2 heterocycles. The predicted molar refractivity (Wildman–Crippen MR) is 53.4 cm³/mol. The lowest BCUT2D eigenvalue weighted by atomic mass is 10.2.